The molecule has 0 saturated carbocycles. The van der Waals surface area contributed by atoms with Crippen molar-refractivity contribution in [1.29, 1.82) is 0 Å². The molecule has 1 atom stereocenters. The van der Waals surface area contributed by atoms with Crippen molar-refractivity contribution < 1.29 is 23.4 Å². The summed E-state index contributed by atoms with van der Waals surface area (Å²) in [4.78, 5) is 11.8. The molecule has 0 saturated heterocycles. The first-order valence-electron chi connectivity index (χ1n) is 7.50. The highest BCUT2D eigenvalue weighted by Crippen LogP contribution is 2.20. The van der Waals surface area contributed by atoms with Gasteiger partial charge in [-0.25, -0.2) is 8.78 Å². The van der Waals surface area contributed by atoms with E-state index in [0.717, 1.165) is 0 Å². The number of hydrogen-bond donors (Lipinski definition) is 2. The molecule has 2 aromatic rings. The highest BCUT2D eigenvalue weighted by atomic mass is 19.1. The first kappa shape index (κ1) is 17.9. The summed E-state index contributed by atoms with van der Waals surface area (Å²) in [6, 6.07) is 11.0. The second kappa shape index (κ2) is 7.88. The van der Waals surface area contributed by atoms with Gasteiger partial charge in [0, 0.05) is 0 Å². The molecule has 0 aromatic heterocycles. The summed E-state index contributed by atoms with van der Waals surface area (Å²) < 4.78 is 31.0. The number of amides is 1. The Labute approximate surface area is 139 Å². The van der Waals surface area contributed by atoms with E-state index in [1.165, 1.54) is 55.5 Å². The Morgan fingerprint density at radius 2 is 1.62 bits per heavy atom. The van der Waals surface area contributed by atoms with Crippen LogP contribution in [0.4, 0.5) is 8.78 Å². The molecule has 1 amide bonds. The quantitative estimate of drug-likeness (QED) is 0.818. The van der Waals surface area contributed by atoms with Crippen LogP contribution in [-0.4, -0.2) is 24.2 Å². The molecule has 2 N–H and O–H groups in total. The number of aliphatic hydroxyl groups is 1. The number of halogens is 2. The van der Waals surface area contributed by atoms with Crippen molar-refractivity contribution in [3.8, 4) is 5.75 Å². The third-order valence-corrected chi connectivity index (χ3v) is 3.51. The number of benzene rings is 2. The zero-order chi connectivity index (χ0) is 17.6. The molecule has 24 heavy (non-hydrogen) atoms. The molecule has 0 spiro atoms. The normalized spacial score (nSPS) is 13.2. The van der Waals surface area contributed by atoms with E-state index >= 15 is 0 Å². The van der Waals surface area contributed by atoms with Crippen molar-refractivity contribution in [3.05, 3.63) is 65.7 Å². The number of hydrogen-bond acceptors (Lipinski definition) is 3. The largest absolute Gasteiger partial charge is 0.493 e. The summed E-state index contributed by atoms with van der Waals surface area (Å²) in [7, 11) is 0. The Balaban J connectivity index is 1.75. The Morgan fingerprint density at radius 1 is 1.08 bits per heavy atom. The minimum Gasteiger partial charge on any atom is -0.493 e. The van der Waals surface area contributed by atoms with Crippen LogP contribution < -0.4 is 10.1 Å². The first-order valence-corrected chi connectivity index (χ1v) is 7.50. The Kier molecular flexibility index (Phi) is 5.87. The molecule has 1 unspecified atom stereocenters. The number of rotatable bonds is 7. The molecular weight excluding hydrogens is 316 g/mol. The monoisotopic (exact) mass is 335 g/mol. The molecule has 0 bridgehead atoms. The number of carbonyl (C=O) groups is 1. The molecule has 0 aliphatic rings. The van der Waals surface area contributed by atoms with Gasteiger partial charge in [-0.2, -0.15) is 0 Å². The summed E-state index contributed by atoms with van der Waals surface area (Å²) in [5.74, 6) is -0.568. The molecule has 0 aliphatic heterocycles. The molecule has 0 fully saturated rings. The minimum atomic E-state index is -1.30. The van der Waals surface area contributed by atoms with E-state index in [1.54, 1.807) is 0 Å². The van der Waals surface area contributed by atoms with Crippen LogP contribution in [0.2, 0.25) is 0 Å². The van der Waals surface area contributed by atoms with Gasteiger partial charge >= 0.3 is 0 Å². The van der Waals surface area contributed by atoms with Crippen LogP contribution in [-0.2, 0) is 10.4 Å². The lowest BCUT2D eigenvalue weighted by Gasteiger charge is -2.24. The standard InChI is InChI=1S/C18H19F2NO3/c1-18(23,13-2-4-14(19)5-3-13)12-21-17(22)10-11-24-16-8-6-15(20)7-9-16/h2-9,23H,10-12H2,1H3,(H,21,22). The Morgan fingerprint density at radius 3 is 2.21 bits per heavy atom. The van der Waals surface area contributed by atoms with Crippen molar-refractivity contribution in [3.63, 3.8) is 0 Å². The van der Waals surface area contributed by atoms with E-state index in [-0.39, 0.29) is 31.3 Å². The molecule has 128 valence electrons. The summed E-state index contributed by atoms with van der Waals surface area (Å²) in [6.45, 7) is 1.67. The third-order valence-electron chi connectivity index (χ3n) is 3.51. The van der Waals surface area contributed by atoms with E-state index in [4.69, 9.17) is 4.74 Å². The van der Waals surface area contributed by atoms with Crippen LogP contribution >= 0.6 is 0 Å². The van der Waals surface area contributed by atoms with Crippen molar-refractivity contribution in [2.75, 3.05) is 13.2 Å². The van der Waals surface area contributed by atoms with Crippen LogP contribution in [0.1, 0.15) is 18.9 Å². The van der Waals surface area contributed by atoms with Gasteiger partial charge in [-0.15, -0.1) is 0 Å². The minimum absolute atomic E-state index is 0.00594. The van der Waals surface area contributed by atoms with Gasteiger partial charge in [-0.05, 0) is 48.9 Å². The predicted molar refractivity (Wildman–Crippen MR) is 85.5 cm³/mol. The molecule has 2 aromatic carbocycles. The maximum atomic E-state index is 12.9. The lowest BCUT2D eigenvalue weighted by atomic mass is 9.96. The number of ether oxygens (including phenoxy) is 1. The zero-order valence-electron chi connectivity index (χ0n) is 13.3. The fraction of sp³-hybridized carbons (Fsp3) is 0.278. The number of nitrogens with one attached hydrogen (secondary N) is 1. The fourth-order valence-electron chi connectivity index (χ4n) is 2.06. The van der Waals surface area contributed by atoms with Gasteiger partial charge < -0.3 is 15.2 Å². The van der Waals surface area contributed by atoms with E-state index in [0.29, 0.717) is 11.3 Å². The summed E-state index contributed by atoms with van der Waals surface area (Å²) in [5, 5.41) is 13.0. The second-order valence-electron chi connectivity index (χ2n) is 5.61. The summed E-state index contributed by atoms with van der Waals surface area (Å²) >= 11 is 0. The topological polar surface area (TPSA) is 58.6 Å². The molecule has 0 aliphatic carbocycles. The third kappa shape index (κ3) is 5.31. The van der Waals surface area contributed by atoms with Gasteiger partial charge in [0.25, 0.3) is 0 Å². The predicted octanol–water partition coefficient (Wildman–Crippen LogP) is 2.76. The highest BCUT2D eigenvalue weighted by molar-refractivity contribution is 5.76. The van der Waals surface area contributed by atoms with Crippen molar-refractivity contribution in [1.82, 2.24) is 5.32 Å². The Bertz CT molecular complexity index is 670. The zero-order valence-corrected chi connectivity index (χ0v) is 13.3. The Hall–Kier alpha value is -2.47. The van der Waals surface area contributed by atoms with E-state index < -0.39 is 11.4 Å². The number of carbonyl (C=O) groups excluding carboxylic acids is 1. The fourth-order valence-corrected chi connectivity index (χ4v) is 2.06. The van der Waals surface area contributed by atoms with Gasteiger partial charge in [-0.3, -0.25) is 4.79 Å². The van der Waals surface area contributed by atoms with E-state index in [9.17, 15) is 18.7 Å². The van der Waals surface area contributed by atoms with Crippen molar-refractivity contribution >= 4 is 5.91 Å². The molecular formula is C18H19F2NO3. The maximum absolute atomic E-state index is 12.9. The maximum Gasteiger partial charge on any atom is 0.223 e. The van der Waals surface area contributed by atoms with E-state index in [1.807, 2.05) is 0 Å². The lowest BCUT2D eigenvalue weighted by molar-refractivity contribution is -0.122. The van der Waals surface area contributed by atoms with Gasteiger partial charge in [0.15, 0.2) is 0 Å². The van der Waals surface area contributed by atoms with Crippen molar-refractivity contribution in [2.24, 2.45) is 0 Å². The molecule has 0 heterocycles. The van der Waals surface area contributed by atoms with Gasteiger partial charge in [0.2, 0.25) is 5.91 Å². The molecule has 6 heteroatoms. The molecule has 0 radical (unpaired) electrons. The van der Waals surface area contributed by atoms with Crippen LogP contribution in [0.5, 0.6) is 5.75 Å². The average Bonchev–Trinajstić information content (AvgIpc) is 2.55. The van der Waals surface area contributed by atoms with Gasteiger partial charge in [0.1, 0.15) is 23.0 Å². The van der Waals surface area contributed by atoms with E-state index in [2.05, 4.69) is 5.32 Å². The van der Waals surface area contributed by atoms with Crippen LogP contribution in [0.15, 0.2) is 48.5 Å². The highest BCUT2D eigenvalue weighted by Gasteiger charge is 2.23. The molecule has 2 rings (SSSR count). The van der Waals surface area contributed by atoms with Crippen LogP contribution in [0.25, 0.3) is 0 Å². The first-order chi connectivity index (χ1) is 11.4. The second-order valence-corrected chi connectivity index (χ2v) is 5.61. The van der Waals surface area contributed by atoms with Gasteiger partial charge in [0.05, 0.1) is 19.6 Å². The SMILES string of the molecule is CC(O)(CNC(=O)CCOc1ccc(F)cc1)c1ccc(F)cc1. The van der Waals surface area contributed by atoms with Crippen LogP contribution in [0.3, 0.4) is 0 Å². The smallest absolute Gasteiger partial charge is 0.223 e. The molecule has 4 nitrogen and oxygen atoms in total. The summed E-state index contributed by atoms with van der Waals surface area (Å²) in [5.41, 5.74) is -0.798. The van der Waals surface area contributed by atoms with Crippen molar-refractivity contribution in [2.45, 2.75) is 18.9 Å². The lowest BCUT2D eigenvalue weighted by Crippen LogP contribution is -2.39. The van der Waals surface area contributed by atoms with Gasteiger partial charge in [-0.1, -0.05) is 12.1 Å². The van der Waals surface area contributed by atoms with Crippen LogP contribution in [0, 0.1) is 11.6 Å². The average molecular weight is 335 g/mol. The summed E-state index contributed by atoms with van der Waals surface area (Å²) in [6.07, 6.45) is 0.0941.